The van der Waals surface area contributed by atoms with Gasteiger partial charge in [0.2, 0.25) is 5.78 Å². The lowest BCUT2D eigenvalue weighted by Crippen LogP contribution is -2.32. The standard InChI is InChI=1S/C14H14N2O3/c1-10(16-18)14(17)13-12(8-5-9-15-13)19-11-6-3-2-4-7-11/h2-10,16,18H,1H3. The van der Waals surface area contributed by atoms with Crippen molar-refractivity contribution in [2.45, 2.75) is 13.0 Å². The number of ether oxygens (including phenoxy) is 1. The Morgan fingerprint density at radius 3 is 2.68 bits per heavy atom. The van der Waals surface area contributed by atoms with E-state index in [4.69, 9.17) is 9.94 Å². The zero-order chi connectivity index (χ0) is 13.7. The minimum atomic E-state index is -0.743. The minimum Gasteiger partial charge on any atom is -0.455 e. The van der Waals surface area contributed by atoms with E-state index in [9.17, 15) is 4.79 Å². The maximum Gasteiger partial charge on any atom is 0.203 e. The van der Waals surface area contributed by atoms with Gasteiger partial charge < -0.3 is 9.94 Å². The molecule has 0 aliphatic carbocycles. The molecule has 98 valence electrons. The van der Waals surface area contributed by atoms with Gasteiger partial charge in [-0.25, -0.2) is 4.98 Å². The molecule has 1 aromatic heterocycles. The molecular formula is C14H14N2O3. The van der Waals surface area contributed by atoms with Gasteiger partial charge in [0.05, 0.1) is 6.04 Å². The number of ketones is 1. The molecule has 1 atom stereocenters. The van der Waals surface area contributed by atoms with E-state index >= 15 is 0 Å². The maximum absolute atomic E-state index is 12.0. The zero-order valence-electron chi connectivity index (χ0n) is 10.4. The number of aromatic nitrogens is 1. The number of carbonyl (C=O) groups is 1. The first kappa shape index (κ1) is 13.2. The Labute approximate surface area is 110 Å². The van der Waals surface area contributed by atoms with Crippen molar-refractivity contribution in [1.82, 2.24) is 10.5 Å². The summed E-state index contributed by atoms with van der Waals surface area (Å²) in [5, 5.41) is 8.81. The number of hydrogen-bond donors (Lipinski definition) is 2. The van der Waals surface area contributed by atoms with Crippen LogP contribution < -0.4 is 10.2 Å². The first-order chi connectivity index (χ1) is 9.22. The van der Waals surface area contributed by atoms with Crippen LogP contribution in [0.2, 0.25) is 0 Å². The first-order valence-corrected chi connectivity index (χ1v) is 5.84. The van der Waals surface area contributed by atoms with Gasteiger partial charge in [0, 0.05) is 6.20 Å². The molecule has 1 aromatic carbocycles. The van der Waals surface area contributed by atoms with E-state index in [0.29, 0.717) is 11.5 Å². The molecule has 0 amide bonds. The average molecular weight is 258 g/mol. The van der Waals surface area contributed by atoms with Crippen LogP contribution in [-0.4, -0.2) is 22.0 Å². The second kappa shape index (κ2) is 6.08. The van der Waals surface area contributed by atoms with Gasteiger partial charge in [-0.05, 0) is 31.2 Å². The van der Waals surface area contributed by atoms with Gasteiger partial charge >= 0.3 is 0 Å². The number of carbonyl (C=O) groups excluding carboxylic acids is 1. The normalized spacial score (nSPS) is 11.9. The zero-order valence-corrected chi connectivity index (χ0v) is 10.4. The number of para-hydroxylation sites is 1. The highest BCUT2D eigenvalue weighted by Gasteiger charge is 2.20. The predicted octanol–water partition coefficient (Wildman–Crippen LogP) is 2.42. The van der Waals surface area contributed by atoms with Crippen LogP contribution in [0, 0.1) is 0 Å². The molecule has 0 radical (unpaired) electrons. The lowest BCUT2D eigenvalue weighted by Gasteiger charge is -2.12. The number of hydrogen-bond acceptors (Lipinski definition) is 5. The van der Waals surface area contributed by atoms with Gasteiger partial charge in [0.15, 0.2) is 11.4 Å². The molecule has 19 heavy (non-hydrogen) atoms. The van der Waals surface area contributed by atoms with Gasteiger partial charge in [0.25, 0.3) is 0 Å². The maximum atomic E-state index is 12.0. The van der Waals surface area contributed by atoms with Crippen molar-refractivity contribution >= 4 is 5.78 Å². The van der Waals surface area contributed by atoms with E-state index in [2.05, 4.69) is 4.98 Å². The second-order valence-corrected chi connectivity index (χ2v) is 3.98. The van der Waals surface area contributed by atoms with Gasteiger partial charge in [-0.1, -0.05) is 18.2 Å². The molecule has 2 aromatic rings. The van der Waals surface area contributed by atoms with Crippen LogP contribution in [0.15, 0.2) is 48.7 Å². The van der Waals surface area contributed by atoms with Gasteiger partial charge in [-0.2, -0.15) is 5.48 Å². The molecule has 1 unspecified atom stereocenters. The van der Waals surface area contributed by atoms with E-state index in [0.717, 1.165) is 0 Å². The van der Waals surface area contributed by atoms with E-state index in [1.165, 1.54) is 6.20 Å². The first-order valence-electron chi connectivity index (χ1n) is 5.84. The number of nitrogens with one attached hydrogen (secondary N) is 1. The third-order valence-electron chi connectivity index (χ3n) is 2.56. The van der Waals surface area contributed by atoms with Crippen molar-refractivity contribution in [3.05, 3.63) is 54.4 Å². The lowest BCUT2D eigenvalue weighted by molar-refractivity contribution is 0.0783. The molecule has 0 fully saturated rings. The van der Waals surface area contributed by atoms with E-state index in [-0.39, 0.29) is 11.5 Å². The Bertz CT molecular complexity index is 558. The molecule has 0 saturated carbocycles. The molecule has 0 saturated heterocycles. The number of Topliss-reactive ketones (excluding diaryl/α,β-unsaturated/α-hetero) is 1. The van der Waals surface area contributed by atoms with Crippen LogP contribution >= 0.6 is 0 Å². The van der Waals surface area contributed by atoms with Crippen molar-refractivity contribution in [2.75, 3.05) is 0 Å². The van der Waals surface area contributed by atoms with Crippen LogP contribution in [0.4, 0.5) is 0 Å². The Balaban J connectivity index is 2.29. The summed E-state index contributed by atoms with van der Waals surface area (Å²) in [5.41, 5.74) is 2.09. The summed E-state index contributed by atoms with van der Waals surface area (Å²) < 4.78 is 5.63. The van der Waals surface area contributed by atoms with Crippen LogP contribution in [0.25, 0.3) is 0 Å². The van der Waals surface area contributed by atoms with Crippen molar-refractivity contribution in [1.29, 1.82) is 0 Å². The van der Waals surface area contributed by atoms with Crippen molar-refractivity contribution in [3.8, 4) is 11.5 Å². The predicted molar refractivity (Wildman–Crippen MR) is 69.5 cm³/mol. The Hall–Kier alpha value is -2.24. The summed E-state index contributed by atoms with van der Waals surface area (Å²) in [7, 11) is 0. The van der Waals surface area contributed by atoms with Gasteiger partial charge in [0.1, 0.15) is 5.75 Å². The Morgan fingerprint density at radius 2 is 2.00 bits per heavy atom. The Kier molecular flexibility index (Phi) is 4.22. The lowest BCUT2D eigenvalue weighted by atomic mass is 10.1. The molecule has 0 spiro atoms. The minimum absolute atomic E-state index is 0.181. The molecule has 2 N–H and O–H groups in total. The van der Waals surface area contributed by atoms with E-state index in [1.807, 2.05) is 23.7 Å². The van der Waals surface area contributed by atoms with Gasteiger partial charge in [-0.15, -0.1) is 0 Å². The summed E-state index contributed by atoms with van der Waals surface area (Å²) in [6, 6.07) is 11.7. The summed E-state index contributed by atoms with van der Waals surface area (Å²) in [6.07, 6.45) is 1.51. The fraction of sp³-hybridized carbons (Fsp3) is 0.143. The fourth-order valence-corrected chi connectivity index (χ4v) is 1.54. The van der Waals surface area contributed by atoms with Gasteiger partial charge in [-0.3, -0.25) is 4.79 Å². The number of hydroxylamine groups is 1. The SMILES string of the molecule is CC(NO)C(=O)c1ncccc1Oc1ccccc1. The van der Waals surface area contributed by atoms with Crippen LogP contribution in [0.1, 0.15) is 17.4 Å². The highest BCUT2D eigenvalue weighted by Crippen LogP contribution is 2.24. The van der Waals surface area contributed by atoms with Crippen LogP contribution in [0.3, 0.4) is 0 Å². The highest BCUT2D eigenvalue weighted by atomic mass is 16.5. The van der Waals surface area contributed by atoms with Crippen molar-refractivity contribution in [2.24, 2.45) is 0 Å². The number of pyridine rings is 1. The molecule has 0 bridgehead atoms. The highest BCUT2D eigenvalue weighted by molar-refractivity contribution is 6.00. The van der Waals surface area contributed by atoms with Crippen LogP contribution in [-0.2, 0) is 0 Å². The van der Waals surface area contributed by atoms with Crippen molar-refractivity contribution in [3.63, 3.8) is 0 Å². The summed E-state index contributed by atoms with van der Waals surface area (Å²) in [6.45, 7) is 1.54. The van der Waals surface area contributed by atoms with E-state index in [1.54, 1.807) is 31.2 Å². The number of nitrogens with zero attached hydrogens (tertiary/aromatic N) is 1. The topological polar surface area (TPSA) is 71.5 Å². The number of rotatable bonds is 5. The summed E-state index contributed by atoms with van der Waals surface area (Å²) in [4.78, 5) is 16.0. The summed E-state index contributed by atoms with van der Waals surface area (Å²) >= 11 is 0. The molecule has 5 heteroatoms. The molecule has 0 aliphatic heterocycles. The molecule has 1 heterocycles. The smallest absolute Gasteiger partial charge is 0.203 e. The van der Waals surface area contributed by atoms with E-state index < -0.39 is 6.04 Å². The monoisotopic (exact) mass is 258 g/mol. The molecular weight excluding hydrogens is 244 g/mol. The average Bonchev–Trinajstić information content (AvgIpc) is 2.47. The number of benzene rings is 1. The largest absolute Gasteiger partial charge is 0.455 e. The summed E-state index contributed by atoms with van der Waals surface area (Å²) in [5.74, 6) is 0.643. The quantitative estimate of drug-likeness (QED) is 0.636. The molecule has 0 aliphatic rings. The van der Waals surface area contributed by atoms with Crippen molar-refractivity contribution < 1.29 is 14.7 Å². The molecule has 2 rings (SSSR count). The molecule has 5 nitrogen and oxygen atoms in total. The second-order valence-electron chi connectivity index (χ2n) is 3.98. The third kappa shape index (κ3) is 3.15. The fourth-order valence-electron chi connectivity index (χ4n) is 1.54. The van der Waals surface area contributed by atoms with Crippen LogP contribution in [0.5, 0.6) is 11.5 Å². The Morgan fingerprint density at radius 1 is 1.26 bits per heavy atom. The third-order valence-corrected chi connectivity index (χ3v) is 2.56.